The number of carbonyl (C=O) groups is 1. The van der Waals surface area contributed by atoms with Gasteiger partial charge in [0.2, 0.25) is 0 Å². The lowest BCUT2D eigenvalue weighted by atomic mass is 10.2. The molecule has 4 nitrogen and oxygen atoms in total. The van der Waals surface area contributed by atoms with Crippen LogP contribution in [0.15, 0.2) is 22.8 Å². The molecule has 0 saturated carbocycles. The van der Waals surface area contributed by atoms with Gasteiger partial charge in [-0.25, -0.2) is 9.78 Å². The van der Waals surface area contributed by atoms with E-state index >= 15 is 0 Å². The van der Waals surface area contributed by atoms with E-state index in [1.165, 1.54) is 0 Å². The Kier molecular flexibility index (Phi) is 3.47. The van der Waals surface area contributed by atoms with E-state index in [4.69, 9.17) is 0 Å². The molecule has 0 unspecified atom stereocenters. The van der Waals surface area contributed by atoms with E-state index in [9.17, 15) is 9.90 Å². The molecule has 0 atom stereocenters. The number of carboxylic acid groups (broad SMARTS) is 1. The highest BCUT2D eigenvalue weighted by molar-refractivity contribution is 9.10. The van der Waals surface area contributed by atoms with Crippen molar-refractivity contribution in [2.24, 2.45) is 0 Å². The van der Waals surface area contributed by atoms with Gasteiger partial charge in [-0.3, -0.25) is 4.40 Å². The third-order valence-corrected chi connectivity index (χ3v) is 3.26. The van der Waals surface area contributed by atoms with E-state index in [-0.39, 0.29) is 5.69 Å². The molecule has 0 aliphatic carbocycles. The van der Waals surface area contributed by atoms with Gasteiger partial charge < -0.3 is 5.11 Å². The number of hydrogen-bond acceptors (Lipinski definition) is 2. The molecule has 5 heteroatoms. The van der Waals surface area contributed by atoms with Gasteiger partial charge in [-0.2, -0.15) is 0 Å². The van der Waals surface area contributed by atoms with Crippen LogP contribution in [0, 0.1) is 0 Å². The van der Waals surface area contributed by atoms with Crippen LogP contribution in [0.25, 0.3) is 5.65 Å². The minimum Gasteiger partial charge on any atom is -0.477 e. The maximum absolute atomic E-state index is 11.3. The van der Waals surface area contributed by atoms with E-state index in [1.807, 2.05) is 6.07 Å². The van der Waals surface area contributed by atoms with Crippen molar-refractivity contribution in [1.82, 2.24) is 9.38 Å². The Morgan fingerprint density at radius 1 is 1.59 bits per heavy atom. The second-order valence-electron chi connectivity index (χ2n) is 3.87. The zero-order valence-corrected chi connectivity index (χ0v) is 11.1. The lowest BCUT2D eigenvalue weighted by Crippen LogP contribution is -2.05. The van der Waals surface area contributed by atoms with Crippen LogP contribution in [0.3, 0.4) is 0 Å². The zero-order chi connectivity index (χ0) is 12.4. The summed E-state index contributed by atoms with van der Waals surface area (Å²) in [4.78, 5) is 15.7. The number of hydrogen-bond donors (Lipinski definition) is 1. The van der Waals surface area contributed by atoms with Gasteiger partial charge in [0.05, 0.1) is 10.2 Å². The molecule has 0 amide bonds. The van der Waals surface area contributed by atoms with Crippen molar-refractivity contribution < 1.29 is 9.90 Å². The number of unbranched alkanes of at least 4 members (excludes halogenated alkanes) is 1. The number of aromatic carboxylic acids is 1. The monoisotopic (exact) mass is 296 g/mol. The minimum atomic E-state index is -0.929. The van der Waals surface area contributed by atoms with Gasteiger partial charge in [-0.1, -0.05) is 13.3 Å². The van der Waals surface area contributed by atoms with Crippen molar-refractivity contribution in [2.45, 2.75) is 26.2 Å². The van der Waals surface area contributed by atoms with Crippen molar-refractivity contribution in [1.29, 1.82) is 0 Å². The van der Waals surface area contributed by atoms with Gasteiger partial charge in [0.1, 0.15) is 0 Å². The number of rotatable bonds is 4. The number of fused-ring (bicyclic) bond motifs is 1. The van der Waals surface area contributed by atoms with Gasteiger partial charge >= 0.3 is 5.97 Å². The van der Waals surface area contributed by atoms with E-state index in [0.717, 1.165) is 17.3 Å². The number of nitrogens with zero attached hydrogens (tertiary/aromatic N) is 2. The smallest absolute Gasteiger partial charge is 0.354 e. The quantitative estimate of drug-likeness (QED) is 0.943. The Balaban J connectivity index is 2.62. The summed E-state index contributed by atoms with van der Waals surface area (Å²) >= 11 is 3.39. The van der Waals surface area contributed by atoms with Gasteiger partial charge in [0.15, 0.2) is 11.3 Å². The van der Waals surface area contributed by atoms with E-state index in [1.54, 1.807) is 16.7 Å². The Morgan fingerprint density at radius 2 is 2.35 bits per heavy atom. The van der Waals surface area contributed by atoms with Crippen LogP contribution in [0.5, 0.6) is 0 Å². The number of carboxylic acids is 1. The maximum Gasteiger partial charge on any atom is 0.354 e. The van der Waals surface area contributed by atoms with Crippen LogP contribution < -0.4 is 0 Å². The van der Waals surface area contributed by atoms with Gasteiger partial charge in [0.25, 0.3) is 0 Å². The largest absolute Gasteiger partial charge is 0.477 e. The van der Waals surface area contributed by atoms with Crippen molar-refractivity contribution in [3.8, 4) is 0 Å². The summed E-state index contributed by atoms with van der Waals surface area (Å²) in [5.41, 5.74) is 1.59. The fraction of sp³-hybridized carbons (Fsp3) is 0.333. The predicted octanol–water partition coefficient (Wildman–Crippen LogP) is 3.14. The lowest BCUT2D eigenvalue weighted by molar-refractivity contribution is 0.0688. The SMILES string of the molecule is CCCCc1nc2c(Br)cccn2c1C(=O)O. The summed E-state index contributed by atoms with van der Waals surface area (Å²) in [6.45, 7) is 2.08. The highest BCUT2D eigenvalue weighted by atomic mass is 79.9. The highest BCUT2D eigenvalue weighted by Crippen LogP contribution is 2.21. The van der Waals surface area contributed by atoms with Crippen LogP contribution in [-0.4, -0.2) is 20.5 Å². The number of aryl methyl sites for hydroxylation is 1. The van der Waals surface area contributed by atoms with Crippen LogP contribution in [0.2, 0.25) is 0 Å². The van der Waals surface area contributed by atoms with Crippen LogP contribution in [0.1, 0.15) is 35.9 Å². The predicted molar refractivity (Wildman–Crippen MR) is 68.5 cm³/mol. The Hall–Kier alpha value is -1.36. The molecule has 2 heterocycles. The highest BCUT2D eigenvalue weighted by Gasteiger charge is 2.18. The molecular formula is C12H13BrN2O2. The number of aromatic nitrogens is 2. The summed E-state index contributed by atoms with van der Waals surface area (Å²) in [7, 11) is 0. The first-order chi connectivity index (χ1) is 8.15. The molecule has 90 valence electrons. The minimum absolute atomic E-state index is 0.273. The summed E-state index contributed by atoms with van der Waals surface area (Å²) < 4.78 is 2.43. The standard InChI is InChI=1S/C12H13BrN2O2/c1-2-3-6-9-10(12(16)17)15-7-4-5-8(13)11(15)14-9/h4-5,7H,2-3,6H2,1H3,(H,16,17). The number of halogens is 1. The Morgan fingerprint density at radius 3 is 3.00 bits per heavy atom. The zero-order valence-electron chi connectivity index (χ0n) is 9.48. The molecule has 1 N–H and O–H groups in total. The third kappa shape index (κ3) is 2.20. The molecule has 0 spiro atoms. The van der Waals surface area contributed by atoms with Gasteiger partial charge in [-0.05, 0) is 40.9 Å². The van der Waals surface area contributed by atoms with Crippen molar-refractivity contribution in [3.63, 3.8) is 0 Å². The molecule has 0 bridgehead atoms. The van der Waals surface area contributed by atoms with E-state index in [2.05, 4.69) is 27.8 Å². The van der Waals surface area contributed by atoms with Gasteiger partial charge in [0, 0.05) is 6.20 Å². The molecule has 0 saturated heterocycles. The summed E-state index contributed by atoms with van der Waals surface area (Å²) in [5, 5.41) is 9.27. The molecule has 0 aromatic carbocycles. The van der Waals surface area contributed by atoms with Crippen molar-refractivity contribution >= 4 is 27.5 Å². The van der Waals surface area contributed by atoms with Crippen molar-refractivity contribution in [2.75, 3.05) is 0 Å². The normalized spacial score (nSPS) is 10.9. The summed E-state index contributed by atoms with van der Waals surface area (Å²) in [5.74, 6) is -0.929. The Bertz CT molecular complexity index is 563. The van der Waals surface area contributed by atoms with Crippen LogP contribution in [0.4, 0.5) is 0 Å². The number of pyridine rings is 1. The molecule has 0 aliphatic rings. The molecule has 2 aromatic heterocycles. The van der Waals surface area contributed by atoms with Crippen LogP contribution >= 0.6 is 15.9 Å². The molecule has 0 radical (unpaired) electrons. The fourth-order valence-corrected chi connectivity index (χ4v) is 2.26. The van der Waals surface area contributed by atoms with Crippen LogP contribution in [-0.2, 0) is 6.42 Å². The molecule has 0 aliphatic heterocycles. The lowest BCUT2D eigenvalue weighted by Gasteiger charge is -1.99. The molecule has 2 rings (SSSR count). The number of imidazole rings is 1. The molecule has 0 fully saturated rings. The first-order valence-electron chi connectivity index (χ1n) is 5.54. The summed E-state index contributed by atoms with van der Waals surface area (Å²) in [6.07, 6.45) is 4.40. The van der Waals surface area contributed by atoms with Crippen molar-refractivity contribution in [3.05, 3.63) is 34.2 Å². The average molecular weight is 297 g/mol. The molecule has 2 aromatic rings. The topological polar surface area (TPSA) is 54.6 Å². The second-order valence-corrected chi connectivity index (χ2v) is 4.72. The first-order valence-corrected chi connectivity index (χ1v) is 6.33. The third-order valence-electron chi connectivity index (χ3n) is 2.64. The average Bonchev–Trinajstić information content (AvgIpc) is 2.66. The van der Waals surface area contributed by atoms with E-state index in [0.29, 0.717) is 17.8 Å². The molecular weight excluding hydrogens is 284 g/mol. The molecule has 17 heavy (non-hydrogen) atoms. The fourth-order valence-electron chi connectivity index (χ4n) is 1.83. The summed E-state index contributed by atoms with van der Waals surface area (Å²) in [6, 6.07) is 3.66. The Labute approximate surface area is 107 Å². The van der Waals surface area contributed by atoms with Gasteiger partial charge in [-0.15, -0.1) is 0 Å². The maximum atomic E-state index is 11.3. The first kappa shape index (κ1) is 12.1. The second kappa shape index (κ2) is 4.87. The van der Waals surface area contributed by atoms with E-state index < -0.39 is 5.97 Å².